The summed E-state index contributed by atoms with van der Waals surface area (Å²) in [6.07, 6.45) is 5.52. The predicted octanol–water partition coefficient (Wildman–Crippen LogP) is 3.16. The van der Waals surface area contributed by atoms with E-state index < -0.39 is 0 Å². The van der Waals surface area contributed by atoms with Gasteiger partial charge in [0, 0.05) is 18.3 Å². The van der Waals surface area contributed by atoms with Crippen LogP contribution >= 0.6 is 0 Å². The van der Waals surface area contributed by atoms with Crippen molar-refractivity contribution in [1.82, 2.24) is 20.1 Å². The number of pyridine rings is 1. The molecule has 3 rings (SSSR count). The highest BCUT2D eigenvalue weighted by molar-refractivity contribution is 5.32. The van der Waals surface area contributed by atoms with E-state index in [4.69, 9.17) is 9.72 Å². The van der Waals surface area contributed by atoms with Crippen molar-refractivity contribution in [3.8, 4) is 5.88 Å². The topological polar surface area (TPSA) is 54.0 Å². The van der Waals surface area contributed by atoms with Crippen LogP contribution in [0, 0.1) is 13.8 Å². The fraction of sp³-hybridized carbons (Fsp3) is 0.529. The molecule has 1 fully saturated rings. The lowest BCUT2D eigenvalue weighted by molar-refractivity contribution is 0.135. The Bertz CT molecular complexity index is 624. The quantitative estimate of drug-likeness (QED) is 0.942. The number of hydrogen-bond acceptors (Lipinski definition) is 4. The lowest BCUT2D eigenvalue weighted by Crippen LogP contribution is -2.33. The number of H-pyrrole nitrogens is 1. The molecule has 1 aliphatic rings. The van der Waals surface area contributed by atoms with Crippen molar-refractivity contribution in [3.05, 3.63) is 40.8 Å². The van der Waals surface area contributed by atoms with Gasteiger partial charge in [0.25, 0.3) is 0 Å². The van der Waals surface area contributed by atoms with Crippen molar-refractivity contribution in [1.29, 1.82) is 0 Å². The first-order valence-corrected chi connectivity index (χ1v) is 7.93. The van der Waals surface area contributed by atoms with Gasteiger partial charge >= 0.3 is 0 Å². The monoisotopic (exact) mass is 300 g/mol. The fourth-order valence-electron chi connectivity index (χ4n) is 3.31. The first-order valence-electron chi connectivity index (χ1n) is 7.93. The van der Waals surface area contributed by atoms with E-state index in [1.54, 1.807) is 7.11 Å². The molecule has 2 aromatic heterocycles. The van der Waals surface area contributed by atoms with Crippen LogP contribution in [-0.2, 0) is 6.54 Å². The van der Waals surface area contributed by atoms with Crippen LogP contribution in [0.15, 0.2) is 18.3 Å². The molecule has 0 aliphatic carbocycles. The number of ether oxygens (including phenoxy) is 1. The van der Waals surface area contributed by atoms with Gasteiger partial charge in [0.2, 0.25) is 5.88 Å². The zero-order valence-corrected chi connectivity index (χ0v) is 13.6. The summed E-state index contributed by atoms with van der Waals surface area (Å²) in [7, 11) is 1.68. The fourth-order valence-corrected chi connectivity index (χ4v) is 3.31. The maximum Gasteiger partial charge on any atom is 0.216 e. The molecule has 3 heterocycles. The minimum atomic E-state index is 0.407. The first-order chi connectivity index (χ1) is 10.7. The minimum Gasteiger partial charge on any atom is -0.481 e. The number of aromatic nitrogens is 3. The summed E-state index contributed by atoms with van der Waals surface area (Å²) in [5.74, 6) is 0.732. The summed E-state index contributed by atoms with van der Waals surface area (Å²) < 4.78 is 5.38. The van der Waals surface area contributed by atoms with Crippen LogP contribution < -0.4 is 4.74 Å². The molecule has 1 saturated heterocycles. The Kier molecular flexibility index (Phi) is 4.43. The molecular weight excluding hydrogens is 276 g/mol. The summed E-state index contributed by atoms with van der Waals surface area (Å²) in [5.41, 5.74) is 4.63. The Hall–Kier alpha value is -1.88. The molecule has 1 unspecified atom stereocenters. The van der Waals surface area contributed by atoms with Crippen molar-refractivity contribution in [2.45, 2.75) is 45.7 Å². The Balaban J connectivity index is 1.84. The second-order valence-corrected chi connectivity index (χ2v) is 6.07. The summed E-state index contributed by atoms with van der Waals surface area (Å²) in [5, 5.41) is 7.24. The summed E-state index contributed by atoms with van der Waals surface area (Å²) in [6, 6.07) is 4.65. The van der Waals surface area contributed by atoms with E-state index >= 15 is 0 Å². The molecule has 0 radical (unpaired) electrons. The molecule has 2 aromatic rings. The van der Waals surface area contributed by atoms with Gasteiger partial charge in [-0.2, -0.15) is 5.10 Å². The Morgan fingerprint density at radius 3 is 2.91 bits per heavy atom. The highest BCUT2D eigenvalue weighted by atomic mass is 16.5. The Morgan fingerprint density at radius 2 is 2.18 bits per heavy atom. The molecule has 5 heteroatoms. The SMILES string of the molecule is COc1nc(CN2CCCCC2c2ccn[nH]2)c(C)cc1C. The van der Waals surface area contributed by atoms with Gasteiger partial charge in [-0.05, 0) is 50.9 Å². The van der Waals surface area contributed by atoms with E-state index in [0.717, 1.165) is 30.2 Å². The highest BCUT2D eigenvalue weighted by Crippen LogP contribution is 2.31. The average Bonchev–Trinajstić information content (AvgIpc) is 3.04. The molecule has 118 valence electrons. The van der Waals surface area contributed by atoms with Gasteiger partial charge in [0.15, 0.2) is 0 Å². The molecule has 0 amide bonds. The molecule has 1 aliphatic heterocycles. The van der Waals surface area contributed by atoms with Crippen molar-refractivity contribution in [2.75, 3.05) is 13.7 Å². The van der Waals surface area contributed by atoms with Crippen molar-refractivity contribution >= 4 is 0 Å². The third-order valence-corrected chi connectivity index (χ3v) is 4.50. The number of aromatic amines is 1. The molecule has 0 aromatic carbocycles. The number of piperidine rings is 1. The highest BCUT2D eigenvalue weighted by Gasteiger charge is 2.26. The van der Waals surface area contributed by atoms with Crippen LogP contribution in [0.5, 0.6) is 5.88 Å². The van der Waals surface area contributed by atoms with Gasteiger partial charge < -0.3 is 4.74 Å². The number of aryl methyl sites for hydroxylation is 2. The molecule has 0 saturated carbocycles. The maximum atomic E-state index is 5.38. The smallest absolute Gasteiger partial charge is 0.216 e. The van der Waals surface area contributed by atoms with E-state index in [-0.39, 0.29) is 0 Å². The van der Waals surface area contributed by atoms with Crippen LogP contribution in [0.4, 0.5) is 0 Å². The second kappa shape index (κ2) is 6.48. The van der Waals surface area contributed by atoms with Crippen molar-refractivity contribution in [2.24, 2.45) is 0 Å². The Labute approximate surface area is 131 Å². The van der Waals surface area contributed by atoms with Crippen LogP contribution in [-0.4, -0.2) is 33.7 Å². The largest absolute Gasteiger partial charge is 0.481 e. The first kappa shape index (κ1) is 15.0. The van der Waals surface area contributed by atoms with E-state index in [0.29, 0.717) is 6.04 Å². The van der Waals surface area contributed by atoms with E-state index in [2.05, 4.69) is 34.2 Å². The lowest BCUT2D eigenvalue weighted by atomic mass is 9.98. The van der Waals surface area contributed by atoms with Crippen molar-refractivity contribution < 1.29 is 4.74 Å². The van der Waals surface area contributed by atoms with Gasteiger partial charge in [-0.1, -0.05) is 6.42 Å². The molecular formula is C17H24N4O. The number of nitrogens with zero attached hydrogens (tertiary/aromatic N) is 3. The molecule has 5 nitrogen and oxygen atoms in total. The maximum absolute atomic E-state index is 5.38. The zero-order chi connectivity index (χ0) is 15.5. The molecule has 1 atom stereocenters. The number of rotatable bonds is 4. The van der Waals surface area contributed by atoms with E-state index in [1.807, 2.05) is 13.1 Å². The van der Waals surface area contributed by atoms with E-state index in [1.165, 1.54) is 30.5 Å². The molecule has 0 spiro atoms. The van der Waals surface area contributed by atoms with Crippen LogP contribution in [0.1, 0.15) is 47.8 Å². The number of hydrogen-bond donors (Lipinski definition) is 1. The van der Waals surface area contributed by atoms with Gasteiger partial charge in [-0.3, -0.25) is 10.00 Å². The molecule has 0 bridgehead atoms. The number of methoxy groups -OCH3 is 1. The standard InChI is InChI=1S/C17H24N4O/c1-12-10-13(2)17(22-3)19-15(12)11-21-9-5-4-6-16(21)14-7-8-18-20-14/h7-8,10,16H,4-6,9,11H2,1-3H3,(H,18,20). The van der Waals surface area contributed by atoms with Crippen molar-refractivity contribution in [3.63, 3.8) is 0 Å². The minimum absolute atomic E-state index is 0.407. The number of nitrogens with one attached hydrogen (secondary N) is 1. The van der Waals surface area contributed by atoms with Gasteiger partial charge in [0.1, 0.15) is 0 Å². The normalized spacial score (nSPS) is 19.3. The molecule has 1 N–H and O–H groups in total. The second-order valence-electron chi connectivity index (χ2n) is 6.07. The summed E-state index contributed by atoms with van der Waals surface area (Å²) in [4.78, 5) is 7.21. The third kappa shape index (κ3) is 2.99. The van der Waals surface area contributed by atoms with E-state index in [9.17, 15) is 0 Å². The van der Waals surface area contributed by atoms with Crippen LogP contribution in [0.3, 0.4) is 0 Å². The third-order valence-electron chi connectivity index (χ3n) is 4.50. The Morgan fingerprint density at radius 1 is 1.32 bits per heavy atom. The molecule has 22 heavy (non-hydrogen) atoms. The van der Waals surface area contributed by atoms with Crippen LogP contribution in [0.25, 0.3) is 0 Å². The predicted molar refractivity (Wildman–Crippen MR) is 85.9 cm³/mol. The zero-order valence-electron chi connectivity index (χ0n) is 13.6. The van der Waals surface area contributed by atoms with Gasteiger partial charge in [0.05, 0.1) is 24.5 Å². The summed E-state index contributed by atoms with van der Waals surface area (Å²) >= 11 is 0. The van der Waals surface area contributed by atoms with Gasteiger partial charge in [-0.15, -0.1) is 0 Å². The lowest BCUT2D eigenvalue weighted by Gasteiger charge is -2.35. The van der Waals surface area contributed by atoms with Crippen LogP contribution in [0.2, 0.25) is 0 Å². The van der Waals surface area contributed by atoms with Gasteiger partial charge in [-0.25, -0.2) is 4.98 Å². The number of likely N-dealkylation sites (tertiary alicyclic amines) is 1. The average molecular weight is 300 g/mol. The summed E-state index contributed by atoms with van der Waals surface area (Å²) in [6.45, 7) is 6.12.